The van der Waals surface area contributed by atoms with Crippen LogP contribution in [0.4, 0.5) is 5.69 Å². The zero-order valence-electron chi connectivity index (χ0n) is 12.3. The molecular formula is C16H26N2O. The lowest BCUT2D eigenvalue weighted by molar-refractivity contribution is -0.116. The maximum atomic E-state index is 11.8. The van der Waals surface area contributed by atoms with Gasteiger partial charge in [-0.05, 0) is 37.6 Å². The molecule has 106 valence electrons. The first-order chi connectivity index (χ1) is 9.17. The lowest BCUT2D eigenvalue weighted by Gasteiger charge is -2.14. The van der Waals surface area contributed by atoms with Gasteiger partial charge in [0.2, 0.25) is 5.91 Å². The standard InChI is InChI=1S/C16H26N2O/c1-4-6-7-11-16(19)18-15-10-8-9-14(12-15)13(3)17-5-2/h8-10,12-13,17H,4-7,11H2,1-3H3,(H,18,19). The van der Waals surface area contributed by atoms with E-state index >= 15 is 0 Å². The first kappa shape index (κ1) is 15.7. The lowest BCUT2D eigenvalue weighted by Crippen LogP contribution is -2.18. The van der Waals surface area contributed by atoms with Crippen molar-refractivity contribution in [2.75, 3.05) is 11.9 Å². The summed E-state index contributed by atoms with van der Waals surface area (Å²) in [5.41, 5.74) is 2.09. The number of carbonyl (C=O) groups is 1. The number of hydrogen-bond donors (Lipinski definition) is 2. The molecule has 3 nitrogen and oxygen atoms in total. The third kappa shape index (κ3) is 5.88. The molecular weight excluding hydrogens is 236 g/mol. The summed E-state index contributed by atoms with van der Waals surface area (Å²) < 4.78 is 0. The van der Waals surface area contributed by atoms with Crippen molar-refractivity contribution >= 4 is 11.6 Å². The number of anilines is 1. The van der Waals surface area contributed by atoms with Gasteiger partial charge in [-0.3, -0.25) is 4.79 Å². The van der Waals surface area contributed by atoms with Crippen LogP contribution in [-0.2, 0) is 4.79 Å². The molecule has 1 rings (SSSR count). The minimum atomic E-state index is 0.113. The molecule has 3 heteroatoms. The van der Waals surface area contributed by atoms with Gasteiger partial charge < -0.3 is 10.6 Å². The van der Waals surface area contributed by atoms with E-state index in [0.29, 0.717) is 12.5 Å². The molecule has 0 aliphatic rings. The number of carbonyl (C=O) groups excluding carboxylic acids is 1. The summed E-state index contributed by atoms with van der Waals surface area (Å²) in [6, 6.07) is 8.37. The Morgan fingerprint density at radius 1 is 1.26 bits per heavy atom. The van der Waals surface area contributed by atoms with Crippen LogP contribution in [0, 0.1) is 0 Å². The van der Waals surface area contributed by atoms with E-state index in [1.807, 2.05) is 18.2 Å². The Morgan fingerprint density at radius 2 is 2.05 bits per heavy atom. The Morgan fingerprint density at radius 3 is 2.74 bits per heavy atom. The molecule has 2 N–H and O–H groups in total. The zero-order valence-corrected chi connectivity index (χ0v) is 12.3. The van der Waals surface area contributed by atoms with Crippen LogP contribution in [-0.4, -0.2) is 12.5 Å². The minimum Gasteiger partial charge on any atom is -0.326 e. The molecule has 0 radical (unpaired) electrons. The molecule has 1 amide bonds. The maximum Gasteiger partial charge on any atom is 0.224 e. The average molecular weight is 262 g/mol. The van der Waals surface area contributed by atoms with Gasteiger partial charge in [0.05, 0.1) is 0 Å². The number of hydrogen-bond acceptors (Lipinski definition) is 2. The van der Waals surface area contributed by atoms with Crippen LogP contribution in [0.25, 0.3) is 0 Å². The van der Waals surface area contributed by atoms with Gasteiger partial charge in [-0.1, -0.05) is 38.8 Å². The van der Waals surface area contributed by atoms with E-state index in [9.17, 15) is 4.79 Å². The molecule has 0 aliphatic heterocycles. The van der Waals surface area contributed by atoms with Gasteiger partial charge in [-0.2, -0.15) is 0 Å². The molecule has 0 fully saturated rings. The van der Waals surface area contributed by atoms with E-state index < -0.39 is 0 Å². The highest BCUT2D eigenvalue weighted by atomic mass is 16.1. The number of rotatable bonds is 8. The highest BCUT2D eigenvalue weighted by molar-refractivity contribution is 5.90. The summed E-state index contributed by atoms with van der Waals surface area (Å²) in [7, 11) is 0. The Balaban J connectivity index is 2.54. The van der Waals surface area contributed by atoms with Crippen molar-refractivity contribution in [3.05, 3.63) is 29.8 Å². The Labute approximate surface area is 116 Å². The topological polar surface area (TPSA) is 41.1 Å². The monoisotopic (exact) mass is 262 g/mol. The van der Waals surface area contributed by atoms with Crippen LogP contribution in [0.15, 0.2) is 24.3 Å². The van der Waals surface area contributed by atoms with Crippen molar-refractivity contribution < 1.29 is 4.79 Å². The second-order valence-corrected chi connectivity index (χ2v) is 4.91. The van der Waals surface area contributed by atoms with Crippen molar-refractivity contribution in [1.82, 2.24) is 5.32 Å². The predicted octanol–water partition coefficient (Wildman–Crippen LogP) is 3.88. The summed E-state index contributed by atoms with van der Waals surface area (Å²) in [4.78, 5) is 11.8. The summed E-state index contributed by atoms with van der Waals surface area (Å²) in [6.07, 6.45) is 3.84. The third-order valence-corrected chi connectivity index (χ3v) is 3.19. The largest absolute Gasteiger partial charge is 0.326 e. The van der Waals surface area contributed by atoms with Gasteiger partial charge >= 0.3 is 0 Å². The van der Waals surface area contributed by atoms with E-state index in [4.69, 9.17) is 0 Å². The Kier molecular flexibility index (Phi) is 7.19. The fourth-order valence-electron chi connectivity index (χ4n) is 2.07. The molecule has 0 aliphatic carbocycles. The normalized spacial score (nSPS) is 12.2. The Hall–Kier alpha value is -1.35. The van der Waals surface area contributed by atoms with E-state index in [1.165, 1.54) is 5.56 Å². The van der Waals surface area contributed by atoms with E-state index in [0.717, 1.165) is 31.5 Å². The minimum absolute atomic E-state index is 0.113. The second kappa shape index (κ2) is 8.70. The van der Waals surface area contributed by atoms with Crippen LogP contribution in [0.5, 0.6) is 0 Å². The van der Waals surface area contributed by atoms with Crippen molar-refractivity contribution in [2.24, 2.45) is 0 Å². The van der Waals surface area contributed by atoms with Crippen LogP contribution in [0.2, 0.25) is 0 Å². The van der Waals surface area contributed by atoms with E-state index in [2.05, 4.69) is 37.5 Å². The molecule has 19 heavy (non-hydrogen) atoms. The number of amides is 1. The highest BCUT2D eigenvalue weighted by Gasteiger charge is 2.06. The van der Waals surface area contributed by atoms with Gasteiger partial charge in [0, 0.05) is 18.2 Å². The van der Waals surface area contributed by atoms with Gasteiger partial charge in [-0.15, -0.1) is 0 Å². The number of unbranched alkanes of at least 4 members (excludes halogenated alkanes) is 2. The quantitative estimate of drug-likeness (QED) is 0.698. The van der Waals surface area contributed by atoms with Crippen LogP contribution >= 0.6 is 0 Å². The summed E-state index contributed by atoms with van der Waals surface area (Å²) in [5.74, 6) is 0.113. The van der Waals surface area contributed by atoms with Crippen LogP contribution in [0.1, 0.15) is 58.1 Å². The molecule has 1 unspecified atom stereocenters. The summed E-state index contributed by atoms with van der Waals surface area (Å²) in [5, 5.41) is 6.34. The van der Waals surface area contributed by atoms with Gasteiger partial charge in [0.15, 0.2) is 0 Å². The summed E-state index contributed by atoms with van der Waals surface area (Å²) in [6.45, 7) is 7.31. The van der Waals surface area contributed by atoms with Crippen LogP contribution < -0.4 is 10.6 Å². The predicted molar refractivity (Wildman–Crippen MR) is 81.3 cm³/mol. The Bertz CT molecular complexity index is 390. The van der Waals surface area contributed by atoms with Crippen molar-refractivity contribution in [3.63, 3.8) is 0 Å². The third-order valence-electron chi connectivity index (χ3n) is 3.19. The first-order valence-electron chi connectivity index (χ1n) is 7.30. The van der Waals surface area contributed by atoms with Crippen LogP contribution in [0.3, 0.4) is 0 Å². The fourth-order valence-corrected chi connectivity index (χ4v) is 2.07. The molecule has 1 atom stereocenters. The first-order valence-corrected chi connectivity index (χ1v) is 7.30. The van der Waals surface area contributed by atoms with Crippen molar-refractivity contribution in [3.8, 4) is 0 Å². The molecule has 0 bridgehead atoms. The second-order valence-electron chi connectivity index (χ2n) is 4.91. The molecule has 0 aromatic heterocycles. The van der Waals surface area contributed by atoms with E-state index in [1.54, 1.807) is 0 Å². The SMILES string of the molecule is CCCCCC(=O)Nc1cccc(C(C)NCC)c1. The molecule has 0 saturated heterocycles. The number of benzene rings is 1. The average Bonchev–Trinajstić information content (AvgIpc) is 2.39. The number of nitrogens with one attached hydrogen (secondary N) is 2. The van der Waals surface area contributed by atoms with Gasteiger partial charge in [0.1, 0.15) is 0 Å². The highest BCUT2D eigenvalue weighted by Crippen LogP contribution is 2.17. The molecule has 0 saturated carbocycles. The van der Waals surface area contributed by atoms with E-state index in [-0.39, 0.29) is 5.91 Å². The maximum absolute atomic E-state index is 11.8. The molecule has 1 aromatic rings. The van der Waals surface area contributed by atoms with Gasteiger partial charge in [-0.25, -0.2) is 0 Å². The van der Waals surface area contributed by atoms with Crippen molar-refractivity contribution in [2.45, 2.75) is 52.5 Å². The lowest BCUT2D eigenvalue weighted by atomic mass is 10.1. The zero-order chi connectivity index (χ0) is 14.1. The fraction of sp³-hybridized carbons (Fsp3) is 0.562. The molecule has 1 aromatic carbocycles. The van der Waals surface area contributed by atoms with Crippen molar-refractivity contribution in [1.29, 1.82) is 0 Å². The molecule has 0 heterocycles. The summed E-state index contributed by atoms with van der Waals surface area (Å²) >= 11 is 0. The molecule has 0 spiro atoms. The van der Waals surface area contributed by atoms with Gasteiger partial charge in [0.25, 0.3) is 0 Å². The smallest absolute Gasteiger partial charge is 0.224 e.